The predicted molar refractivity (Wildman–Crippen MR) is 135 cm³/mol. The van der Waals surface area contributed by atoms with E-state index >= 15 is 0 Å². The highest BCUT2D eigenvalue weighted by Crippen LogP contribution is 2.49. The van der Waals surface area contributed by atoms with Gasteiger partial charge in [-0.3, -0.25) is 0 Å². The Hall–Kier alpha value is -3.85. The number of carboxylic acid groups (broad SMARTS) is 1. The van der Waals surface area contributed by atoms with Crippen LogP contribution in [0.4, 0.5) is 13.2 Å². The number of rotatable bonds is 9. The number of hydrogen-bond acceptors (Lipinski definition) is 5. The van der Waals surface area contributed by atoms with Gasteiger partial charge in [0.05, 0.1) is 5.56 Å². The summed E-state index contributed by atoms with van der Waals surface area (Å²) in [5, 5.41) is 10.5. The maximum absolute atomic E-state index is 13.4. The second kappa shape index (κ2) is 11.0. The molecular formula is C28H23F3N2O3S. The summed E-state index contributed by atoms with van der Waals surface area (Å²) >= 11 is 1.26. The zero-order valence-corrected chi connectivity index (χ0v) is 20.5. The molecule has 0 radical (unpaired) electrons. The van der Waals surface area contributed by atoms with Gasteiger partial charge in [0.25, 0.3) is 0 Å². The van der Waals surface area contributed by atoms with Crippen molar-refractivity contribution in [3.63, 3.8) is 0 Å². The van der Waals surface area contributed by atoms with Gasteiger partial charge in [0, 0.05) is 17.6 Å². The number of thioether (sulfide) groups is 1. The number of halogens is 3. The quantitative estimate of drug-likeness (QED) is 0.269. The van der Waals surface area contributed by atoms with Crippen molar-refractivity contribution in [3.05, 3.63) is 125 Å². The summed E-state index contributed by atoms with van der Waals surface area (Å²) in [6.45, 7) is 1.72. The Labute approximate surface area is 216 Å². The second-order valence-corrected chi connectivity index (χ2v) is 9.49. The molecule has 0 spiro atoms. The first-order valence-corrected chi connectivity index (χ1v) is 12.3. The molecule has 0 aliphatic heterocycles. The van der Waals surface area contributed by atoms with Crippen molar-refractivity contribution >= 4 is 17.7 Å². The highest BCUT2D eigenvalue weighted by molar-refractivity contribution is 7.99. The van der Waals surface area contributed by atoms with Crippen molar-refractivity contribution in [1.82, 2.24) is 9.97 Å². The van der Waals surface area contributed by atoms with Crippen molar-refractivity contribution in [3.8, 4) is 6.01 Å². The zero-order chi connectivity index (χ0) is 26.5. The number of nitrogens with zero attached hydrogens (tertiary/aromatic N) is 2. The van der Waals surface area contributed by atoms with Crippen LogP contribution >= 0.6 is 11.8 Å². The molecule has 0 aliphatic rings. The molecule has 1 heterocycles. The molecule has 1 aromatic heterocycles. The number of carboxylic acids is 1. The van der Waals surface area contributed by atoms with Crippen LogP contribution in [0.25, 0.3) is 0 Å². The standard InChI is InChI=1S/C28H23F3N2O3S/c1-19-16-17-32-26(33-19)36-24(25(34)35)27(21-10-6-3-7-11-21,37-18-20-8-4-2-5-9-20)22-12-14-23(15-13-22)28(29,30)31/h2-17,24H,18H2,1H3,(H,34,35)/t24-,27+/m0/s1. The molecule has 4 rings (SSSR count). The number of hydrogen-bond donors (Lipinski definition) is 1. The van der Waals surface area contributed by atoms with E-state index in [2.05, 4.69) is 9.97 Å². The lowest BCUT2D eigenvalue weighted by atomic mass is 9.84. The Morgan fingerprint density at radius 2 is 1.46 bits per heavy atom. The van der Waals surface area contributed by atoms with Crippen LogP contribution in [-0.2, 0) is 21.5 Å². The van der Waals surface area contributed by atoms with Crippen molar-refractivity contribution in [1.29, 1.82) is 0 Å². The number of aromatic nitrogens is 2. The smallest absolute Gasteiger partial charge is 0.416 e. The fourth-order valence-corrected chi connectivity index (χ4v) is 5.46. The zero-order valence-electron chi connectivity index (χ0n) is 19.7. The lowest BCUT2D eigenvalue weighted by Crippen LogP contribution is -2.47. The number of aryl methyl sites for hydroxylation is 1. The van der Waals surface area contributed by atoms with E-state index in [-0.39, 0.29) is 6.01 Å². The Morgan fingerprint density at radius 3 is 2.03 bits per heavy atom. The third kappa shape index (κ3) is 5.94. The highest BCUT2D eigenvalue weighted by atomic mass is 32.2. The van der Waals surface area contributed by atoms with Crippen LogP contribution in [0.1, 0.15) is 27.9 Å². The Morgan fingerprint density at radius 1 is 0.892 bits per heavy atom. The predicted octanol–water partition coefficient (Wildman–Crippen LogP) is 6.51. The number of benzene rings is 3. The second-order valence-electron chi connectivity index (χ2n) is 8.27. The van der Waals surface area contributed by atoms with Crippen LogP contribution in [0.15, 0.2) is 97.2 Å². The van der Waals surface area contributed by atoms with Crippen LogP contribution in [-0.4, -0.2) is 27.1 Å². The van der Waals surface area contributed by atoms with E-state index in [9.17, 15) is 23.1 Å². The van der Waals surface area contributed by atoms with Gasteiger partial charge >= 0.3 is 18.2 Å². The van der Waals surface area contributed by atoms with E-state index in [4.69, 9.17) is 4.74 Å². The number of aliphatic carboxylic acids is 1. The van der Waals surface area contributed by atoms with Crippen LogP contribution in [0.2, 0.25) is 0 Å². The summed E-state index contributed by atoms with van der Waals surface area (Å²) in [7, 11) is 0. The van der Waals surface area contributed by atoms with Gasteiger partial charge in [-0.1, -0.05) is 72.8 Å². The van der Waals surface area contributed by atoms with Crippen molar-refractivity contribution in [2.75, 3.05) is 0 Å². The number of carbonyl (C=O) groups is 1. The Balaban J connectivity index is 1.92. The lowest BCUT2D eigenvalue weighted by Gasteiger charge is -2.38. The Bertz CT molecular complexity index is 1340. The lowest BCUT2D eigenvalue weighted by molar-refractivity contribution is -0.146. The molecule has 0 fully saturated rings. The first-order valence-electron chi connectivity index (χ1n) is 11.3. The van der Waals surface area contributed by atoms with Gasteiger partial charge in [0.1, 0.15) is 4.75 Å². The van der Waals surface area contributed by atoms with Crippen LogP contribution in [0.5, 0.6) is 6.01 Å². The molecule has 3 aromatic carbocycles. The molecule has 0 bridgehead atoms. The minimum Gasteiger partial charge on any atom is -0.478 e. The largest absolute Gasteiger partial charge is 0.478 e. The van der Waals surface area contributed by atoms with Crippen LogP contribution < -0.4 is 4.74 Å². The first kappa shape index (κ1) is 26.2. The van der Waals surface area contributed by atoms with E-state index in [1.54, 1.807) is 43.3 Å². The number of alkyl halides is 3. The van der Waals surface area contributed by atoms with E-state index in [1.807, 2.05) is 30.3 Å². The van der Waals surface area contributed by atoms with E-state index in [1.165, 1.54) is 30.1 Å². The summed E-state index contributed by atoms with van der Waals surface area (Å²) < 4.78 is 44.6. The molecule has 190 valence electrons. The Kier molecular flexibility index (Phi) is 7.83. The van der Waals surface area contributed by atoms with E-state index in [0.29, 0.717) is 22.6 Å². The number of ether oxygens (including phenoxy) is 1. The van der Waals surface area contributed by atoms with Gasteiger partial charge in [-0.15, -0.1) is 11.8 Å². The van der Waals surface area contributed by atoms with Crippen LogP contribution in [0, 0.1) is 6.92 Å². The highest BCUT2D eigenvalue weighted by Gasteiger charge is 2.49. The summed E-state index contributed by atoms with van der Waals surface area (Å²) in [6, 6.07) is 24.2. The van der Waals surface area contributed by atoms with E-state index < -0.39 is 28.6 Å². The molecule has 37 heavy (non-hydrogen) atoms. The minimum atomic E-state index is -4.54. The molecule has 1 N–H and O–H groups in total. The molecule has 0 aliphatic carbocycles. The molecule has 9 heteroatoms. The molecule has 0 saturated heterocycles. The van der Waals surface area contributed by atoms with Crippen LogP contribution in [0.3, 0.4) is 0 Å². The van der Waals surface area contributed by atoms with Crippen molar-refractivity contribution in [2.24, 2.45) is 0 Å². The topological polar surface area (TPSA) is 72.3 Å². The monoisotopic (exact) mass is 524 g/mol. The molecule has 0 amide bonds. The summed E-state index contributed by atoms with van der Waals surface area (Å²) in [4.78, 5) is 21.1. The van der Waals surface area contributed by atoms with Gasteiger partial charge in [0.15, 0.2) is 0 Å². The fourth-order valence-electron chi connectivity index (χ4n) is 3.97. The molecule has 5 nitrogen and oxygen atoms in total. The van der Waals surface area contributed by atoms with Gasteiger partial charge in [-0.25, -0.2) is 14.8 Å². The average molecular weight is 525 g/mol. The van der Waals surface area contributed by atoms with Crippen molar-refractivity contribution in [2.45, 2.75) is 29.7 Å². The molecule has 0 unspecified atom stereocenters. The normalized spacial score (nSPS) is 13.9. The van der Waals surface area contributed by atoms with Gasteiger partial charge in [-0.2, -0.15) is 13.2 Å². The third-order valence-electron chi connectivity index (χ3n) is 5.74. The van der Waals surface area contributed by atoms with Gasteiger partial charge in [-0.05, 0) is 41.8 Å². The first-order chi connectivity index (χ1) is 17.7. The van der Waals surface area contributed by atoms with Gasteiger partial charge in [0.2, 0.25) is 6.10 Å². The average Bonchev–Trinajstić information content (AvgIpc) is 2.89. The SMILES string of the molecule is Cc1ccnc(O[C@@H](C(=O)O)[C@@](SCc2ccccc2)(c2ccccc2)c2ccc(C(F)(F)F)cc2)n1. The fraction of sp³-hybridized carbons (Fsp3) is 0.179. The molecule has 0 saturated carbocycles. The third-order valence-corrected chi connectivity index (χ3v) is 7.36. The summed E-state index contributed by atoms with van der Waals surface area (Å²) in [6.07, 6.45) is -4.67. The molecule has 4 aromatic rings. The van der Waals surface area contributed by atoms with E-state index in [0.717, 1.165) is 17.7 Å². The summed E-state index contributed by atoms with van der Waals surface area (Å²) in [5.74, 6) is -0.951. The van der Waals surface area contributed by atoms with Crippen molar-refractivity contribution < 1.29 is 27.8 Å². The maximum atomic E-state index is 13.4. The van der Waals surface area contributed by atoms with Gasteiger partial charge < -0.3 is 9.84 Å². The molecule has 2 atom stereocenters. The maximum Gasteiger partial charge on any atom is 0.416 e. The minimum absolute atomic E-state index is 0.139. The molecular weight excluding hydrogens is 501 g/mol. The summed E-state index contributed by atoms with van der Waals surface area (Å²) in [5.41, 5.74) is 1.55.